The number of aliphatic carboxylic acids is 1. The number of carbonyl (C=O) groups is 2. The fourth-order valence-corrected chi connectivity index (χ4v) is 6.27. The minimum absolute atomic E-state index is 0.00901. The average molecular weight is 676 g/mol. The molecule has 2 aromatic heterocycles. The quantitative estimate of drug-likeness (QED) is 0.212. The number of aliphatic hydroxyl groups is 1. The molecule has 48 heavy (non-hydrogen) atoms. The third-order valence-electron chi connectivity index (χ3n) is 9.28. The van der Waals surface area contributed by atoms with Crippen LogP contribution in [-0.2, 0) is 30.2 Å². The molecule has 4 rings (SSSR count). The van der Waals surface area contributed by atoms with Gasteiger partial charge in [0.05, 0.1) is 36.3 Å². The molecule has 12 nitrogen and oxygen atoms in total. The van der Waals surface area contributed by atoms with Crippen molar-refractivity contribution in [2.45, 2.75) is 96.7 Å². The fourth-order valence-electron chi connectivity index (χ4n) is 6.27. The lowest BCUT2D eigenvalue weighted by molar-refractivity contribution is -0.304. The van der Waals surface area contributed by atoms with Crippen LogP contribution in [0.15, 0.2) is 41.3 Å². The van der Waals surface area contributed by atoms with Gasteiger partial charge in [-0.2, -0.15) is 23.5 Å². The van der Waals surface area contributed by atoms with Crippen molar-refractivity contribution in [1.29, 1.82) is 5.26 Å². The van der Waals surface area contributed by atoms with E-state index in [0.29, 0.717) is 5.52 Å². The number of hydrogen-bond acceptors (Lipinski definition) is 9. The number of pyridine rings is 1. The highest BCUT2D eigenvalue weighted by Gasteiger charge is 2.67. The fraction of sp³-hybridized carbons (Fsp3) is 0.545. The number of aromatic nitrogens is 3. The number of H-pyrrole nitrogens is 1. The van der Waals surface area contributed by atoms with Crippen LogP contribution in [-0.4, -0.2) is 61.4 Å². The molecule has 1 aliphatic rings. The Balaban J connectivity index is 1.77. The second kappa shape index (κ2) is 12.2. The van der Waals surface area contributed by atoms with Crippen LogP contribution in [0.3, 0.4) is 0 Å². The standard InChI is InChI=1S/C33H40F3N5O7/c1-19(2)48-27(45)29(6,7)32(46,33(34,35)36)20-8-10-21(11-9-20)39-24-23-22(12-17-38-25(23)42)41(40-24)30(15-16-37)13-14-31(26(43)44,47-18-30)28(3,4)5/h8-12,17,19,46H,13-15,18H2,1-7H3,(H,38,42)(H,39,40)(H,43,44). The van der Waals surface area contributed by atoms with Crippen molar-refractivity contribution in [3.05, 3.63) is 52.4 Å². The van der Waals surface area contributed by atoms with Crippen molar-refractivity contribution in [2.75, 3.05) is 11.9 Å². The number of esters is 1. The lowest BCUT2D eigenvalue weighted by atomic mass is 9.69. The highest BCUT2D eigenvalue weighted by molar-refractivity contribution is 5.91. The molecule has 0 bridgehead atoms. The third-order valence-corrected chi connectivity index (χ3v) is 9.28. The van der Waals surface area contributed by atoms with Gasteiger partial charge in [0.15, 0.2) is 11.4 Å². The number of alkyl halides is 3. The molecule has 0 radical (unpaired) electrons. The molecule has 1 saturated heterocycles. The summed E-state index contributed by atoms with van der Waals surface area (Å²) in [7, 11) is 0. The SMILES string of the molecule is CC(C)OC(=O)C(C)(C)C(O)(c1ccc(Nc2nn(C3(CC#N)CCC(C(=O)O)(C(C)(C)C)OC3)c3cc[nH]c(=O)c23)cc1)C(F)(F)F. The monoisotopic (exact) mass is 675 g/mol. The maximum Gasteiger partial charge on any atom is 0.422 e. The van der Waals surface area contributed by atoms with Crippen LogP contribution in [0.2, 0.25) is 0 Å². The van der Waals surface area contributed by atoms with Crippen LogP contribution in [0.25, 0.3) is 10.9 Å². The summed E-state index contributed by atoms with van der Waals surface area (Å²) >= 11 is 0. The molecule has 0 saturated carbocycles. The van der Waals surface area contributed by atoms with Gasteiger partial charge in [0.25, 0.3) is 5.56 Å². The number of fused-ring (bicyclic) bond motifs is 1. The molecule has 3 atom stereocenters. The van der Waals surface area contributed by atoms with E-state index in [4.69, 9.17) is 9.47 Å². The number of ether oxygens (including phenoxy) is 2. The number of halogens is 3. The van der Waals surface area contributed by atoms with Gasteiger partial charge >= 0.3 is 18.1 Å². The van der Waals surface area contributed by atoms with Gasteiger partial charge in [-0.1, -0.05) is 32.9 Å². The molecule has 3 unspecified atom stereocenters. The molecule has 1 fully saturated rings. The van der Waals surface area contributed by atoms with Gasteiger partial charge in [-0.25, -0.2) is 4.79 Å². The van der Waals surface area contributed by atoms with Crippen LogP contribution >= 0.6 is 0 Å². The number of carboxylic acid groups (broad SMARTS) is 1. The molecule has 1 aliphatic heterocycles. The van der Waals surface area contributed by atoms with Crippen molar-refractivity contribution in [1.82, 2.24) is 14.8 Å². The number of hydrogen-bond donors (Lipinski definition) is 4. The Labute approximate surface area is 274 Å². The van der Waals surface area contributed by atoms with Gasteiger partial charge in [0.1, 0.15) is 10.8 Å². The molecule has 260 valence electrons. The zero-order valence-electron chi connectivity index (χ0n) is 27.8. The normalized spacial score (nSPS) is 21.8. The van der Waals surface area contributed by atoms with Crippen LogP contribution in [0.4, 0.5) is 24.7 Å². The number of anilines is 2. The summed E-state index contributed by atoms with van der Waals surface area (Å²) in [5.41, 5.74) is -10.2. The number of nitrogens with zero attached hydrogens (tertiary/aromatic N) is 3. The van der Waals surface area contributed by atoms with E-state index < -0.39 is 62.9 Å². The van der Waals surface area contributed by atoms with E-state index in [2.05, 4.69) is 21.5 Å². The summed E-state index contributed by atoms with van der Waals surface area (Å²) in [5.74, 6) is -2.36. The Kier molecular flexibility index (Phi) is 9.28. The first-order valence-electron chi connectivity index (χ1n) is 15.3. The smallest absolute Gasteiger partial charge is 0.422 e. The molecule has 4 N–H and O–H groups in total. The first kappa shape index (κ1) is 36.4. The lowest BCUT2D eigenvalue weighted by Gasteiger charge is -2.49. The van der Waals surface area contributed by atoms with Gasteiger partial charge < -0.3 is 30.0 Å². The highest BCUT2D eigenvalue weighted by atomic mass is 19.4. The van der Waals surface area contributed by atoms with Crippen LogP contribution in [0.5, 0.6) is 0 Å². The summed E-state index contributed by atoms with van der Waals surface area (Å²) in [6.45, 7) is 9.93. The van der Waals surface area contributed by atoms with E-state index >= 15 is 0 Å². The minimum Gasteiger partial charge on any atom is -0.479 e. The second-order valence-electron chi connectivity index (χ2n) is 14.0. The Morgan fingerprint density at radius 1 is 1.15 bits per heavy atom. The van der Waals surface area contributed by atoms with Gasteiger partial charge in [-0.3, -0.25) is 14.3 Å². The van der Waals surface area contributed by atoms with E-state index in [1.165, 1.54) is 36.9 Å². The third kappa shape index (κ3) is 5.81. The number of carboxylic acids is 1. The molecular weight excluding hydrogens is 635 g/mol. The molecule has 1 aromatic carbocycles. The molecular formula is C33H40F3N5O7. The van der Waals surface area contributed by atoms with E-state index in [0.717, 1.165) is 26.0 Å². The van der Waals surface area contributed by atoms with Crippen molar-refractivity contribution in [2.24, 2.45) is 10.8 Å². The number of rotatable bonds is 9. The van der Waals surface area contributed by atoms with Crippen LogP contribution in [0.1, 0.15) is 73.3 Å². The van der Waals surface area contributed by atoms with Gasteiger partial charge in [0, 0.05) is 17.3 Å². The Morgan fingerprint density at radius 2 is 1.77 bits per heavy atom. The number of aromatic amines is 1. The van der Waals surface area contributed by atoms with Crippen molar-refractivity contribution in [3.63, 3.8) is 0 Å². The second-order valence-corrected chi connectivity index (χ2v) is 14.0. The number of carbonyl (C=O) groups excluding carboxylic acids is 1. The summed E-state index contributed by atoms with van der Waals surface area (Å²) in [5, 5.41) is 38.8. The van der Waals surface area contributed by atoms with Crippen LogP contribution < -0.4 is 10.9 Å². The van der Waals surface area contributed by atoms with Crippen LogP contribution in [0, 0.1) is 22.2 Å². The topological polar surface area (TPSA) is 180 Å². The first-order valence-corrected chi connectivity index (χ1v) is 15.3. The van der Waals surface area contributed by atoms with Crippen molar-refractivity contribution < 1.29 is 42.4 Å². The maximum absolute atomic E-state index is 14.5. The van der Waals surface area contributed by atoms with E-state index in [-0.39, 0.29) is 42.8 Å². The van der Waals surface area contributed by atoms with Gasteiger partial charge in [-0.05, 0) is 64.3 Å². The van der Waals surface area contributed by atoms with Crippen molar-refractivity contribution in [3.8, 4) is 6.07 Å². The van der Waals surface area contributed by atoms with E-state index in [1.54, 1.807) is 26.8 Å². The summed E-state index contributed by atoms with van der Waals surface area (Å²) < 4.78 is 56.1. The molecule has 3 heterocycles. The average Bonchev–Trinajstić information content (AvgIpc) is 3.36. The van der Waals surface area contributed by atoms with Gasteiger partial charge in [0.2, 0.25) is 5.60 Å². The van der Waals surface area contributed by atoms with Gasteiger partial charge in [-0.15, -0.1) is 0 Å². The van der Waals surface area contributed by atoms with Crippen molar-refractivity contribution >= 4 is 34.3 Å². The minimum atomic E-state index is -5.27. The molecule has 0 spiro atoms. The van der Waals surface area contributed by atoms with E-state index in [1.807, 2.05) is 0 Å². The zero-order valence-corrected chi connectivity index (χ0v) is 27.8. The predicted molar refractivity (Wildman–Crippen MR) is 168 cm³/mol. The zero-order chi connectivity index (χ0) is 36.1. The largest absolute Gasteiger partial charge is 0.479 e. The number of nitrogens with one attached hydrogen (secondary N) is 2. The number of nitriles is 1. The molecule has 0 aliphatic carbocycles. The summed E-state index contributed by atoms with van der Waals surface area (Å²) in [6, 6.07) is 8.18. The number of benzene rings is 1. The lowest BCUT2D eigenvalue weighted by Crippen LogP contribution is -2.59. The Bertz CT molecular complexity index is 1790. The Morgan fingerprint density at radius 3 is 2.25 bits per heavy atom. The predicted octanol–water partition coefficient (Wildman–Crippen LogP) is 5.48. The summed E-state index contributed by atoms with van der Waals surface area (Å²) in [6.07, 6.45) is -4.50. The highest BCUT2D eigenvalue weighted by Crippen LogP contribution is 2.52. The van der Waals surface area contributed by atoms with E-state index in [9.17, 15) is 43.0 Å². The molecule has 3 aromatic rings. The summed E-state index contributed by atoms with van der Waals surface area (Å²) in [4.78, 5) is 40.8. The first-order chi connectivity index (χ1) is 22.1. The molecule has 0 amide bonds. The molecule has 15 heteroatoms. The Hall–Kier alpha value is -4.42. The maximum atomic E-state index is 14.5.